The Kier molecular flexibility index (Phi) is 7.96. The SMILES string of the molecule is CO[C@@H](/C=C/C(=O)NO)[C@@H](OC(=O)Nc1ccc2c(c1)OCO2)c1cc(Br)cc(Br)c1O. The first-order valence-electron chi connectivity index (χ1n) is 9.02. The van der Waals surface area contributed by atoms with E-state index in [0.29, 0.717) is 26.1 Å². The first-order chi connectivity index (χ1) is 15.3. The van der Waals surface area contributed by atoms with Crippen LogP contribution in [0.2, 0.25) is 0 Å². The lowest BCUT2D eigenvalue weighted by Crippen LogP contribution is -2.27. The zero-order valence-electron chi connectivity index (χ0n) is 16.5. The van der Waals surface area contributed by atoms with E-state index in [-0.39, 0.29) is 18.1 Å². The Bertz CT molecular complexity index is 1050. The number of halogens is 2. The van der Waals surface area contributed by atoms with Crippen LogP contribution in [0.1, 0.15) is 11.7 Å². The number of phenols is 1. The Morgan fingerprint density at radius 2 is 1.94 bits per heavy atom. The van der Waals surface area contributed by atoms with Crippen molar-refractivity contribution in [3.8, 4) is 17.2 Å². The number of hydrogen-bond acceptors (Lipinski definition) is 8. The molecule has 1 aliphatic rings. The smallest absolute Gasteiger partial charge is 0.412 e. The van der Waals surface area contributed by atoms with Crippen LogP contribution in [0.5, 0.6) is 17.2 Å². The molecule has 0 radical (unpaired) electrons. The number of aromatic hydroxyl groups is 1. The summed E-state index contributed by atoms with van der Waals surface area (Å²) in [7, 11) is 1.34. The molecule has 170 valence electrons. The molecule has 0 unspecified atom stereocenters. The van der Waals surface area contributed by atoms with Crippen LogP contribution in [0, 0.1) is 0 Å². The van der Waals surface area contributed by atoms with Crippen LogP contribution in [0.4, 0.5) is 10.5 Å². The third-order valence-corrected chi connectivity index (χ3v) is 5.40. The summed E-state index contributed by atoms with van der Waals surface area (Å²) in [6.07, 6.45) is -0.748. The number of rotatable bonds is 7. The molecule has 3 rings (SSSR count). The molecule has 2 atom stereocenters. The van der Waals surface area contributed by atoms with Crippen molar-refractivity contribution in [3.63, 3.8) is 0 Å². The van der Waals surface area contributed by atoms with Gasteiger partial charge in [-0.1, -0.05) is 15.9 Å². The van der Waals surface area contributed by atoms with Crippen molar-refractivity contribution in [2.24, 2.45) is 0 Å². The number of phenolic OH excluding ortho intramolecular Hbond substituents is 1. The van der Waals surface area contributed by atoms with Crippen molar-refractivity contribution >= 4 is 49.5 Å². The Labute approximate surface area is 199 Å². The van der Waals surface area contributed by atoms with E-state index >= 15 is 0 Å². The zero-order valence-corrected chi connectivity index (χ0v) is 19.7. The van der Waals surface area contributed by atoms with Gasteiger partial charge in [-0.2, -0.15) is 0 Å². The minimum absolute atomic E-state index is 0.0889. The molecule has 0 bridgehead atoms. The van der Waals surface area contributed by atoms with Gasteiger partial charge in [0.2, 0.25) is 6.79 Å². The van der Waals surface area contributed by atoms with Crippen LogP contribution < -0.4 is 20.3 Å². The Hall–Kier alpha value is -2.80. The Morgan fingerprint density at radius 3 is 2.66 bits per heavy atom. The number of carbonyl (C=O) groups excluding carboxylic acids is 2. The van der Waals surface area contributed by atoms with Gasteiger partial charge >= 0.3 is 6.09 Å². The number of nitrogens with one attached hydrogen (secondary N) is 2. The highest BCUT2D eigenvalue weighted by molar-refractivity contribution is 9.11. The van der Waals surface area contributed by atoms with E-state index < -0.39 is 24.2 Å². The molecule has 12 heteroatoms. The lowest BCUT2D eigenvalue weighted by Gasteiger charge is -2.25. The summed E-state index contributed by atoms with van der Waals surface area (Å²) in [5.74, 6) is 0.0319. The fraction of sp³-hybridized carbons (Fsp3) is 0.200. The maximum absolute atomic E-state index is 12.7. The third kappa shape index (κ3) is 5.71. The van der Waals surface area contributed by atoms with E-state index in [1.165, 1.54) is 18.7 Å². The summed E-state index contributed by atoms with van der Waals surface area (Å²) < 4.78 is 22.4. The van der Waals surface area contributed by atoms with E-state index in [1.807, 2.05) is 0 Å². The minimum Gasteiger partial charge on any atom is -0.506 e. The zero-order chi connectivity index (χ0) is 23.3. The van der Waals surface area contributed by atoms with Gasteiger partial charge in [-0.15, -0.1) is 0 Å². The summed E-state index contributed by atoms with van der Waals surface area (Å²) in [4.78, 5) is 24.1. The molecule has 2 aromatic carbocycles. The average Bonchev–Trinajstić information content (AvgIpc) is 3.23. The predicted molar refractivity (Wildman–Crippen MR) is 119 cm³/mol. The third-order valence-electron chi connectivity index (χ3n) is 4.34. The monoisotopic (exact) mass is 572 g/mol. The molecule has 32 heavy (non-hydrogen) atoms. The number of amides is 2. The largest absolute Gasteiger partial charge is 0.506 e. The van der Waals surface area contributed by atoms with Crippen LogP contribution in [0.25, 0.3) is 0 Å². The average molecular weight is 574 g/mol. The standard InChI is InChI=1S/C20H18Br2N2O8/c1-29-15(4-5-17(25)24-28)19(12-6-10(21)7-13(22)18(12)26)32-20(27)23-11-2-3-14-16(8-11)31-9-30-14/h2-8,15,19,26,28H,9H2,1H3,(H,23,27)(H,24,25)/b5-4+/t15-,19-/m0/s1. The highest BCUT2D eigenvalue weighted by Gasteiger charge is 2.30. The van der Waals surface area contributed by atoms with Gasteiger partial charge in [0.1, 0.15) is 11.9 Å². The molecule has 0 saturated carbocycles. The molecule has 2 aromatic rings. The van der Waals surface area contributed by atoms with Gasteiger partial charge in [0.15, 0.2) is 17.6 Å². The Balaban J connectivity index is 1.88. The van der Waals surface area contributed by atoms with E-state index in [9.17, 15) is 14.7 Å². The van der Waals surface area contributed by atoms with E-state index in [2.05, 4.69) is 37.2 Å². The molecule has 0 saturated heterocycles. The molecule has 1 aliphatic heterocycles. The predicted octanol–water partition coefficient (Wildman–Crippen LogP) is 4.01. The molecule has 0 fully saturated rings. The minimum atomic E-state index is -1.18. The van der Waals surface area contributed by atoms with Gasteiger partial charge in [-0.25, -0.2) is 10.3 Å². The summed E-state index contributed by atoms with van der Waals surface area (Å²) in [6, 6.07) is 7.98. The highest BCUT2D eigenvalue weighted by Crippen LogP contribution is 2.39. The van der Waals surface area contributed by atoms with Crippen molar-refractivity contribution in [3.05, 3.63) is 57.0 Å². The van der Waals surface area contributed by atoms with Gasteiger partial charge in [0.05, 0.1) is 4.47 Å². The molecule has 0 aromatic heterocycles. The fourth-order valence-electron chi connectivity index (χ4n) is 2.87. The summed E-state index contributed by atoms with van der Waals surface area (Å²) in [5.41, 5.74) is 2.05. The number of hydrogen-bond donors (Lipinski definition) is 4. The number of carbonyl (C=O) groups is 2. The first-order valence-corrected chi connectivity index (χ1v) is 10.6. The van der Waals surface area contributed by atoms with E-state index in [0.717, 1.165) is 6.08 Å². The van der Waals surface area contributed by atoms with Crippen LogP contribution in [0.15, 0.2) is 51.4 Å². The van der Waals surface area contributed by atoms with Crippen molar-refractivity contribution in [1.82, 2.24) is 5.48 Å². The summed E-state index contributed by atoms with van der Waals surface area (Å²) in [6.45, 7) is 0.0889. The molecule has 2 amide bonds. The lowest BCUT2D eigenvalue weighted by atomic mass is 10.0. The molecule has 1 heterocycles. The second-order valence-electron chi connectivity index (χ2n) is 6.38. The van der Waals surface area contributed by atoms with Crippen molar-refractivity contribution in [2.45, 2.75) is 12.2 Å². The molecule has 4 N–H and O–H groups in total. The number of methoxy groups -OCH3 is 1. The van der Waals surface area contributed by atoms with Gasteiger partial charge in [0, 0.05) is 35.0 Å². The molecule has 0 aliphatic carbocycles. The van der Waals surface area contributed by atoms with Crippen LogP contribution in [-0.2, 0) is 14.3 Å². The maximum Gasteiger partial charge on any atom is 0.412 e. The van der Waals surface area contributed by atoms with Crippen molar-refractivity contribution in [2.75, 3.05) is 19.2 Å². The maximum atomic E-state index is 12.7. The second-order valence-corrected chi connectivity index (χ2v) is 8.15. The fourth-order valence-corrected chi connectivity index (χ4v) is 4.13. The number of anilines is 1. The molecular formula is C20H18Br2N2O8. The van der Waals surface area contributed by atoms with Crippen LogP contribution in [0.3, 0.4) is 0 Å². The van der Waals surface area contributed by atoms with Gasteiger partial charge in [-0.3, -0.25) is 15.3 Å². The topological polar surface area (TPSA) is 136 Å². The summed E-state index contributed by atoms with van der Waals surface area (Å²) in [5, 5.41) is 21.8. The van der Waals surface area contributed by atoms with Crippen molar-refractivity contribution < 1.29 is 38.9 Å². The van der Waals surface area contributed by atoms with E-state index in [1.54, 1.807) is 30.3 Å². The lowest BCUT2D eigenvalue weighted by molar-refractivity contribution is -0.124. The van der Waals surface area contributed by atoms with Crippen molar-refractivity contribution in [1.29, 1.82) is 0 Å². The van der Waals surface area contributed by atoms with Gasteiger partial charge in [0.25, 0.3) is 5.91 Å². The molecule has 0 spiro atoms. The van der Waals surface area contributed by atoms with Gasteiger partial charge < -0.3 is 24.1 Å². The summed E-state index contributed by atoms with van der Waals surface area (Å²) >= 11 is 6.57. The number of fused-ring (bicyclic) bond motifs is 1. The number of hydroxylamine groups is 1. The van der Waals surface area contributed by atoms with Crippen LogP contribution >= 0.6 is 31.9 Å². The quantitative estimate of drug-likeness (QED) is 0.222. The van der Waals surface area contributed by atoms with Crippen LogP contribution in [-0.4, -0.2) is 42.3 Å². The van der Waals surface area contributed by atoms with Gasteiger partial charge in [-0.05, 0) is 46.3 Å². The number of benzene rings is 2. The number of ether oxygens (including phenoxy) is 4. The van der Waals surface area contributed by atoms with E-state index in [4.69, 9.17) is 24.2 Å². The normalized spacial score (nSPS) is 14.1. The first kappa shape index (κ1) is 23.9. The Morgan fingerprint density at radius 1 is 1.19 bits per heavy atom. The second kappa shape index (κ2) is 10.7. The highest BCUT2D eigenvalue weighted by atomic mass is 79.9. The molecular weight excluding hydrogens is 556 g/mol. The molecule has 10 nitrogen and oxygen atoms in total.